The van der Waals surface area contributed by atoms with Crippen LogP contribution in [0.3, 0.4) is 0 Å². The van der Waals surface area contributed by atoms with Crippen molar-refractivity contribution >= 4 is 6.03 Å². The van der Waals surface area contributed by atoms with E-state index in [9.17, 15) is 4.79 Å². The second-order valence-corrected chi connectivity index (χ2v) is 5.29. The Labute approximate surface area is 126 Å². The van der Waals surface area contributed by atoms with Crippen molar-refractivity contribution in [3.05, 3.63) is 42.4 Å². The number of amides is 1. The number of carbonyl (C=O) groups excluding carboxylic acids is 1. The highest BCUT2D eigenvalue weighted by Gasteiger charge is 2.21. The van der Waals surface area contributed by atoms with Crippen molar-refractivity contribution in [1.29, 1.82) is 0 Å². The number of hydrogen-bond donors (Lipinski definition) is 1. The van der Waals surface area contributed by atoms with E-state index in [1.54, 1.807) is 17.0 Å². The number of primary amides is 1. The van der Waals surface area contributed by atoms with Crippen molar-refractivity contribution in [2.75, 3.05) is 0 Å². The molecule has 0 aliphatic carbocycles. The summed E-state index contributed by atoms with van der Waals surface area (Å²) in [5.41, 5.74) is 8.43. The molecule has 1 atom stereocenters. The minimum atomic E-state index is -0.429. The highest BCUT2D eigenvalue weighted by Crippen LogP contribution is 2.34. The van der Waals surface area contributed by atoms with Crippen molar-refractivity contribution in [3.63, 3.8) is 0 Å². The second-order valence-electron chi connectivity index (χ2n) is 5.29. The Morgan fingerprint density at radius 1 is 1.33 bits per heavy atom. The zero-order valence-corrected chi connectivity index (χ0v) is 12.7. The molecule has 0 aliphatic rings. The van der Waals surface area contributed by atoms with E-state index in [1.165, 1.54) is 0 Å². The molecule has 2 N–H and O–H groups in total. The number of rotatable bonds is 6. The fourth-order valence-electron chi connectivity index (χ4n) is 2.78. The van der Waals surface area contributed by atoms with Crippen LogP contribution in [-0.4, -0.2) is 15.6 Å². The SMILES string of the molecule is CCCCC(CC)c1c(-c2ccccn2)ccn1C(N)=O. The summed E-state index contributed by atoms with van der Waals surface area (Å²) in [6.07, 6.45) is 7.86. The number of unbranched alkanes of at least 4 members (excludes halogenated alkanes) is 1. The average Bonchev–Trinajstić information content (AvgIpc) is 2.94. The number of carbonyl (C=O) groups is 1. The van der Waals surface area contributed by atoms with E-state index in [2.05, 4.69) is 18.8 Å². The van der Waals surface area contributed by atoms with Gasteiger partial charge in [0.25, 0.3) is 0 Å². The first-order chi connectivity index (χ1) is 10.2. The van der Waals surface area contributed by atoms with Crippen LogP contribution in [0.15, 0.2) is 36.7 Å². The van der Waals surface area contributed by atoms with Crippen LogP contribution in [0.1, 0.15) is 51.1 Å². The molecule has 0 aliphatic heterocycles. The smallest absolute Gasteiger partial charge is 0.323 e. The van der Waals surface area contributed by atoms with Gasteiger partial charge < -0.3 is 5.73 Å². The van der Waals surface area contributed by atoms with Crippen molar-refractivity contribution < 1.29 is 4.79 Å². The Balaban J connectivity index is 2.49. The Morgan fingerprint density at radius 2 is 2.14 bits per heavy atom. The van der Waals surface area contributed by atoms with Gasteiger partial charge in [0.1, 0.15) is 0 Å². The zero-order valence-electron chi connectivity index (χ0n) is 12.7. The van der Waals surface area contributed by atoms with Gasteiger partial charge in [-0.15, -0.1) is 0 Å². The van der Waals surface area contributed by atoms with Gasteiger partial charge in [-0.2, -0.15) is 0 Å². The van der Waals surface area contributed by atoms with Crippen LogP contribution < -0.4 is 5.73 Å². The van der Waals surface area contributed by atoms with E-state index in [1.807, 2.05) is 24.3 Å². The molecule has 1 unspecified atom stereocenters. The van der Waals surface area contributed by atoms with Gasteiger partial charge in [0.05, 0.1) is 5.69 Å². The Hall–Kier alpha value is -2.10. The van der Waals surface area contributed by atoms with Crippen LogP contribution >= 0.6 is 0 Å². The maximum absolute atomic E-state index is 11.7. The Bertz CT molecular complexity index is 589. The summed E-state index contributed by atoms with van der Waals surface area (Å²) >= 11 is 0. The van der Waals surface area contributed by atoms with E-state index >= 15 is 0 Å². The van der Waals surface area contributed by atoms with Crippen LogP contribution in [-0.2, 0) is 0 Å². The summed E-state index contributed by atoms with van der Waals surface area (Å²) in [6.45, 7) is 4.33. The van der Waals surface area contributed by atoms with Crippen molar-refractivity contribution in [3.8, 4) is 11.3 Å². The van der Waals surface area contributed by atoms with Crippen LogP contribution in [0.25, 0.3) is 11.3 Å². The van der Waals surface area contributed by atoms with Gasteiger partial charge in [0.15, 0.2) is 0 Å². The minimum Gasteiger partial charge on any atom is -0.351 e. The molecule has 0 spiro atoms. The highest BCUT2D eigenvalue weighted by atomic mass is 16.2. The molecule has 2 heterocycles. The summed E-state index contributed by atoms with van der Waals surface area (Å²) in [5.74, 6) is 0.324. The molecule has 1 amide bonds. The molecule has 112 valence electrons. The third kappa shape index (κ3) is 3.32. The molecule has 2 aromatic rings. The molecular weight excluding hydrogens is 262 g/mol. The largest absolute Gasteiger partial charge is 0.351 e. The monoisotopic (exact) mass is 285 g/mol. The Kier molecular flexibility index (Phi) is 5.14. The lowest BCUT2D eigenvalue weighted by molar-refractivity contribution is 0.249. The predicted molar refractivity (Wildman–Crippen MR) is 85.2 cm³/mol. The molecular formula is C17H23N3O. The van der Waals surface area contributed by atoms with Gasteiger partial charge in [-0.25, -0.2) is 4.79 Å². The summed E-state index contributed by atoms with van der Waals surface area (Å²) in [7, 11) is 0. The molecule has 0 saturated heterocycles. The Morgan fingerprint density at radius 3 is 2.71 bits per heavy atom. The standard InChI is InChI=1S/C17H23N3O/c1-3-5-8-13(4-2)16-14(10-12-20(16)17(18)21)15-9-6-7-11-19-15/h6-7,9-13H,3-5,8H2,1-2H3,(H2,18,21). The van der Waals surface area contributed by atoms with E-state index in [-0.39, 0.29) is 0 Å². The van der Waals surface area contributed by atoms with Gasteiger partial charge in [-0.3, -0.25) is 9.55 Å². The molecule has 0 bridgehead atoms. The fraction of sp³-hybridized carbons (Fsp3) is 0.412. The maximum atomic E-state index is 11.7. The van der Waals surface area contributed by atoms with Crippen LogP contribution in [0.4, 0.5) is 4.79 Å². The summed E-state index contributed by atoms with van der Waals surface area (Å²) in [4.78, 5) is 16.1. The lowest BCUT2D eigenvalue weighted by Crippen LogP contribution is -2.22. The number of pyridine rings is 1. The van der Waals surface area contributed by atoms with Gasteiger partial charge in [-0.05, 0) is 31.0 Å². The minimum absolute atomic E-state index is 0.324. The van der Waals surface area contributed by atoms with Crippen molar-refractivity contribution in [1.82, 2.24) is 9.55 Å². The van der Waals surface area contributed by atoms with Crippen LogP contribution in [0.5, 0.6) is 0 Å². The van der Waals surface area contributed by atoms with E-state index < -0.39 is 6.03 Å². The lowest BCUT2D eigenvalue weighted by atomic mass is 9.92. The molecule has 2 rings (SSSR count). The molecule has 4 nitrogen and oxygen atoms in total. The van der Waals surface area contributed by atoms with Crippen LogP contribution in [0, 0.1) is 0 Å². The molecule has 4 heteroatoms. The summed E-state index contributed by atoms with van der Waals surface area (Å²) in [5, 5.41) is 0. The van der Waals surface area contributed by atoms with Gasteiger partial charge in [0.2, 0.25) is 0 Å². The third-order valence-electron chi connectivity index (χ3n) is 3.89. The quantitative estimate of drug-likeness (QED) is 0.866. The molecule has 0 aromatic carbocycles. The number of aromatic nitrogens is 2. The molecule has 0 radical (unpaired) electrons. The fourth-order valence-corrected chi connectivity index (χ4v) is 2.78. The van der Waals surface area contributed by atoms with Crippen molar-refractivity contribution in [2.45, 2.75) is 45.4 Å². The van der Waals surface area contributed by atoms with Crippen molar-refractivity contribution in [2.24, 2.45) is 5.73 Å². The third-order valence-corrected chi connectivity index (χ3v) is 3.89. The molecule has 0 fully saturated rings. The predicted octanol–water partition coefficient (Wildman–Crippen LogP) is 4.16. The molecule has 21 heavy (non-hydrogen) atoms. The highest BCUT2D eigenvalue weighted by molar-refractivity contribution is 5.79. The van der Waals surface area contributed by atoms with Gasteiger partial charge in [0, 0.05) is 29.6 Å². The maximum Gasteiger partial charge on any atom is 0.323 e. The molecule has 2 aromatic heterocycles. The van der Waals surface area contributed by atoms with Gasteiger partial charge in [-0.1, -0.05) is 32.8 Å². The van der Waals surface area contributed by atoms with E-state index in [0.717, 1.165) is 42.6 Å². The summed E-state index contributed by atoms with van der Waals surface area (Å²) < 4.78 is 1.58. The molecule has 0 saturated carbocycles. The summed E-state index contributed by atoms with van der Waals surface area (Å²) in [6, 6.07) is 7.33. The zero-order chi connectivity index (χ0) is 15.2. The van der Waals surface area contributed by atoms with E-state index in [4.69, 9.17) is 5.73 Å². The second kappa shape index (κ2) is 7.07. The topological polar surface area (TPSA) is 60.9 Å². The number of nitrogens with two attached hydrogens (primary N) is 1. The number of hydrogen-bond acceptors (Lipinski definition) is 2. The first-order valence-corrected chi connectivity index (χ1v) is 7.61. The number of nitrogens with zero attached hydrogens (tertiary/aromatic N) is 2. The lowest BCUT2D eigenvalue weighted by Gasteiger charge is -2.18. The normalized spacial score (nSPS) is 12.3. The first kappa shape index (κ1) is 15.3. The van der Waals surface area contributed by atoms with Crippen LogP contribution in [0.2, 0.25) is 0 Å². The first-order valence-electron chi connectivity index (χ1n) is 7.61. The average molecular weight is 285 g/mol. The van der Waals surface area contributed by atoms with Gasteiger partial charge >= 0.3 is 6.03 Å². The van der Waals surface area contributed by atoms with E-state index in [0.29, 0.717) is 5.92 Å².